The van der Waals surface area contributed by atoms with Gasteiger partial charge in [0.25, 0.3) is 5.91 Å². The predicted octanol–water partition coefficient (Wildman–Crippen LogP) is 3.90. The lowest BCUT2D eigenvalue weighted by Crippen LogP contribution is -2.36. The van der Waals surface area contributed by atoms with Gasteiger partial charge in [0.15, 0.2) is 0 Å². The summed E-state index contributed by atoms with van der Waals surface area (Å²) >= 11 is 0. The predicted molar refractivity (Wildman–Crippen MR) is 99.0 cm³/mol. The Morgan fingerprint density at radius 3 is 2.40 bits per heavy atom. The Labute approximate surface area is 147 Å². The monoisotopic (exact) mass is 341 g/mol. The summed E-state index contributed by atoms with van der Waals surface area (Å²) in [6, 6.07) is 6.19. The van der Waals surface area contributed by atoms with E-state index in [0.717, 1.165) is 36.7 Å². The second-order valence-electron chi connectivity index (χ2n) is 7.63. The number of benzene rings is 1. The first-order chi connectivity index (χ1) is 12.2. The fourth-order valence-corrected chi connectivity index (χ4v) is 4.49. The largest absolute Gasteiger partial charge is 0.349 e. The van der Waals surface area contributed by atoms with E-state index in [9.17, 15) is 9.59 Å². The molecule has 0 atom stereocenters. The number of aromatic nitrogens is 2. The van der Waals surface area contributed by atoms with Crippen LogP contribution < -0.4 is 11.0 Å². The summed E-state index contributed by atoms with van der Waals surface area (Å²) in [6.45, 7) is 0. The topological polar surface area (TPSA) is 66.9 Å². The maximum Gasteiger partial charge on any atom is 0.326 e. The minimum atomic E-state index is -0.0493. The van der Waals surface area contributed by atoms with Gasteiger partial charge >= 0.3 is 5.69 Å². The third kappa shape index (κ3) is 3.37. The molecule has 134 valence electrons. The molecule has 2 N–H and O–H groups in total. The van der Waals surface area contributed by atoms with Crippen molar-refractivity contribution in [1.82, 2.24) is 14.9 Å². The first kappa shape index (κ1) is 16.4. The first-order valence-corrected chi connectivity index (χ1v) is 9.77. The van der Waals surface area contributed by atoms with Gasteiger partial charge in [-0.15, -0.1) is 0 Å². The van der Waals surface area contributed by atoms with E-state index in [1.807, 2.05) is 22.8 Å². The minimum absolute atomic E-state index is 0.0277. The molecule has 25 heavy (non-hydrogen) atoms. The van der Waals surface area contributed by atoms with Gasteiger partial charge in [-0.25, -0.2) is 4.79 Å². The van der Waals surface area contributed by atoms with Crippen molar-refractivity contribution < 1.29 is 4.79 Å². The highest BCUT2D eigenvalue weighted by molar-refractivity contribution is 5.97. The van der Waals surface area contributed by atoms with Gasteiger partial charge in [-0.1, -0.05) is 38.5 Å². The number of rotatable bonds is 3. The van der Waals surface area contributed by atoms with E-state index in [0.29, 0.717) is 11.6 Å². The molecule has 1 amide bonds. The second kappa shape index (κ2) is 7.06. The van der Waals surface area contributed by atoms with Gasteiger partial charge in [0.1, 0.15) is 0 Å². The fourth-order valence-electron chi connectivity index (χ4n) is 4.49. The van der Waals surface area contributed by atoms with Crippen LogP contribution in [0.4, 0.5) is 0 Å². The lowest BCUT2D eigenvalue weighted by atomic mass is 9.95. The van der Waals surface area contributed by atoms with Gasteiger partial charge in [0.2, 0.25) is 0 Å². The number of imidazole rings is 1. The minimum Gasteiger partial charge on any atom is -0.349 e. The van der Waals surface area contributed by atoms with Crippen molar-refractivity contribution in [3.8, 4) is 0 Å². The lowest BCUT2D eigenvalue weighted by Gasteiger charge is -2.23. The molecule has 0 radical (unpaired) electrons. The van der Waals surface area contributed by atoms with Crippen LogP contribution in [0.5, 0.6) is 0 Å². The van der Waals surface area contributed by atoms with E-state index in [1.165, 1.54) is 38.5 Å². The molecule has 0 saturated heterocycles. The van der Waals surface area contributed by atoms with Crippen LogP contribution in [0.1, 0.15) is 80.6 Å². The zero-order valence-corrected chi connectivity index (χ0v) is 14.7. The molecule has 0 spiro atoms. The van der Waals surface area contributed by atoms with E-state index in [2.05, 4.69) is 10.3 Å². The highest BCUT2D eigenvalue weighted by Gasteiger charge is 2.21. The van der Waals surface area contributed by atoms with Crippen LogP contribution in [0.3, 0.4) is 0 Å². The normalized spacial score (nSPS) is 20.0. The molecule has 2 aromatic rings. The Balaban J connectivity index is 1.58. The molecule has 1 heterocycles. The van der Waals surface area contributed by atoms with Crippen molar-refractivity contribution in [2.45, 2.75) is 76.3 Å². The summed E-state index contributed by atoms with van der Waals surface area (Å²) in [4.78, 5) is 27.9. The van der Waals surface area contributed by atoms with Crippen LogP contribution in [-0.4, -0.2) is 21.5 Å². The fraction of sp³-hybridized carbons (Fsp3) is 0.600. The van der Waals surface area contributed by atoms with Crippen LogP contribution in [0.15, 0.2) is 23.0 Å². The SMILES string of the molecule is O=C(NC1CCCCC1)c1ccc2c(c1)[nH]c(=O)n2C1CCCCC1. The molecule has 4 rings (SSSR count). The third-order valence-corrected chi connectivity index (χ3v) is 5.86. The van der Waals surface area contributed by atoms with Gasteiger partial charge in [0, 0.05) is 17.6 Å². The molecular formula is C20H27N3O2. The molecule has 2 fully saturated rings. The van der Waals surface area contributed by atoms with Crippen molar-refractivity contribution in [2.24, 2.45) is 0 Å². The van der Waals surface area contributed by atoms with Gasteiger partial charge in [-0.05, 0) is 43.9 Å². The van der Waals surface area contributed by atoms with Gasteiger partial charge in [0.05, 0.1) is 11.0 Å². The zero-order valence-electron chi connectivity index (χ0n) is 14.7. The van der Waals surface area contributed by atoms with Crippen LogP contribution in [0.2, 0.25) is 0 Å². The number of amides is 1. The van der Waals surface area contributed by atoms with Crippen LogP contribution >= 0.6 is 0 Å². The molecule has 2 aliphatic carbocycles. The Kier molecular flexibility index (Phi) is 4.64. The molecular weight excluding hydrogens is 314 g/mol. The molecule has 5 nitrogen and oxygen atoms in total. The number of aromatic amines is 1. The average Bonchev–Trinajstić information content (AvgIpc) is 2.98. The van der Waals surface area contributed by atoms with Crippen molar-refractivity contribution in [2.75, 3.05) is 0 Å². The Morgan fingerprint density at radius 2 is 1.68 bits per heavy atom. The van der Waals surface area contributed by atoms with E-state index in [4.69, 9.17) is 0 Å². The number of hydrogen-bond acceptors (Lipinski definition) is 2. The van der Waals surface area contributed by atoms with E-state index >= 15 is 0 Å². The zero-order chi connectivity index (χ0) is 17.2. The second-order valence-corrected chi connectivity index (χ2v) is 7.63. The third-order valence-electron chi connectivity index (χ3n) is 5.86. The summed E-state index contributed by atoms with van der Waals surface area (Å²) in [6.07, 6.45) is 11.6. The van der Waals surface area contributed by atoms with Crippen molar-refractivity contribution in [3.63, 3.8) is 0 Å². The van der Waals surface area contributed by atoms with Crippen molar-refractivity contribution >= 4 is 16.9 Å². The van der Waals surface area contributed by atoms with E-state index in [1.54, 1.807) is 0 Å². The molecule has 0 unspecified atom stereocenters. The average molecular weight is 341 g/mol. The number of H-pyrrole nitrogens is 1. The Bertz CT molecular complexity index is 808. The maximum absolute atomic E-state index is 12.5. The Hall–Kier alpha value is -2.04. The number of nitrogens with one attached hydrogen (secondary N) is 2. The Morgan fingerprint density at radius 1 is 1.00 bits per heavy atom. The molecule has 1 aromatic carbocycles. The molecule has 5 heteroatoms. The molecule has 0 bridgehead atoms. The number of carbonyl (C=O) groups excluding carboxylic acids is 1. The van der Waals surface area contributed by atoms with Crippen LogP contribution in [0, 0.1) is 0 Å². The van der Waals surface area contributed by atoms with Crippen LogP contribution in [-0.2, 0) is 0 Å². The quantitative estimate of drug-likeness (QED) is 0.889. The first-order valence-electron chi connectivity index (χ1n) is 9.77. The standard InChI is InChI=1S/C20H27N3O2/c24-19(21-15-7-3-1-4-8-15)14-11-12-18-17(13-14)22-20(25)23(18)16-9-5-2-6-10-16/h11-13,15-16H,1-10H2,(H,21,24)(H,22,25). The number of fused-ring (bicyclic) bond motifs is 1. The number of nitrogens with zero attached hydrogens (tertiary/aromatic N) is 1. The van der Waals surface area contributed by atoms with Crippen molar-refractivity contribution in [3.05, 3.63) is 34.2 Å². The van der Waals surface area contributed by atoms with E-state index in [-0.39, 0.29) is 17.6 Å². The molecule has 0 aliphatic heterocycles. The smallest absolute Gasteiger partial charge is 0.326 e. The molecule has 2 aliphatic rings. The van der Waals surface area contributed by atoms with Gasteiger partial charge in [-0.3, -0.25) is 9.36 Å². The maximum atomic E-state index is 12.5. The van der Waals surface area contributed by atoms with Gasteiger partial charge < -0.3 is 10.3 Å². The highest BCUT2D eigenvalue weighted by Crippen LogP contribution is 2.29. The summed E-state index contributed by atoms with van der Waals surface area (Å²) in [7, 11) is 0. The number of hydrogen-bond donors (Lipinski definition) is 2. The molecule has 2 saturated carbocycles. The van der Waals surface area contributed by atoms with Crippen LogP contribution in [0.25, 0.3) is 11.0 Å². The summed E-state index contributed by atoms with van der Waals surface area (Å²) in [5, 5.41) is 3.15. The van der Waals surface area contributed by atoms with E-state index < -0.39 is 0 Å². The molecule has 1 aromatic heterocycles. The van der Waals surface area contributed by atoms with Crippen molar-refractivity contribution in [1.29, 1.82) is 0 Å². The summed E-state index contributed by atoms with van der Waals surface area (Å²) < 4.78 is 1.90. The number of carbonyl (C=O) groups is 1. The lowest BCUT2D eigenvalue weighted by molar-refractivity contribution is 0.0928. The van der Waals surface area contributed by atoms with Gasteiger partial charge in [-0.2, -0.15) is 0 Å². The summed E-state index contributed by atoms with van der Waals surface area (Å²) in [5.74, 6) is -0.0277. The summed E-state index contributed by atoms with van der Waals surface area (Å²) in [5.41, 5.74) is 2.28. The highest BCUT2D eigenvalue weighted by atomic mass is 16.2.